The lowest BCUT2D eigenvalue weighted by molar-refractivity contribution is -0.0835. The number of hydrogen-bond donors (Lipinski definition) is 2. The van der Waals surface area contributed by atoms with Gasteiger partial charge in [-0.25, -0.2) is 8.78 Å². The van der Waals surface area contributed by atoms with Crippen LogP contribution in [-0.2, 0) is 4.84 Å². The number of aliphatic hydroxyl groups is 1. The van der Waals surface area contributed by atoms with E-state index in [0.717, 1.165) is 12.1 Å². The summed E-state index contributed by atoms with van der Waals surface area (Å²) in [6.07, 6.45) is -0.951. The maximum absolute atomic E-state index is 12.9. The van der Waals surface area contributed by atoms with Gasteiger partial charge < -0.3 is 5.11 Å². The summed E-state index contributed by atoms with van der Waals surface area (Å²) < 4.78 is 25.6. The fourth-order valence-electron chi connectivity index (χ4n) is 1.17. The van der Waals surface area contributed by atoms with Crippen molar-refractivity contribution < 1.29 is 18.7 Å². The molecule has 1 aromatic rings. The molecule has 1 rings (SSSR count). The first-order valence-electron chi connectivity index (χ1n) is 5.33. The van der Waals surface area contributed by atoms with Crippen molar-refractivity contribution >= 4 is 0 Å². The highest BCUT2D eigenvalue weighted by Gasteiger charge is 2.14. The minimum absolute atomic E-state index is 0.0995. The lowest BCUT2D eigenvalue weighted by Crippen LogP contribution is -2.32. The van der Waals surface area contributed by atoms with Gasteiger partial charge in [-0.15, -0.1) is 0 Å². The molecule has 0 fully saturated rings. The topological polar surface area (TPSA) is 41.5 Å². The first kappa shape index (κ1) is 14.0. The number of benzene rings is 1. The molecule has 1 unspecified atom stereocenters. The van der Waals surface area contributed by atoms with Crippen molar-refractivity contribution in [1.82, 2.24) is 5.48 Å². The lowest BCUT2D eigenvalue weighted by Gasteiger charge is -2.21. The Hall–Kier alpha value is -1.04. The molecule has 0 saturated carbocycles. The van der Waals surface area contributed by atoms with Crippen molar-refractivity contribution in [2.45, 2.75) is 32.5 Å². The number of halogens is 2. The largest absolute Gasteiger partial charge is 0.387 e. The van der Waals surface area contributed by atoms with Gasteiger partial charge in [0.2, 0.25) is 0 Å². The molecule has 3 nitrogen and oxygen atoms in total. The van der Waals surface area contributed by atoms with E-state index in [9.17, 15) is 13.9 Å². The predicted molar refractivity (Wildman–Crippen MR) is 60.2 cm³/mol. The van der Waals surface area contributed by atoms with Crippen molar-refractivity contribution in [2.24, 2.45) is 0 Å². The van der Waals surface area contributed by atoms with Crippen molar-refractivity contribution in [3.63, 3.8) is 0 Å². The zero-order valence-electron chi connectivity index (χ0n) is 10.1. The van der Waals surface area contributed by atoms with Gasteiger partial charge in [-0.1, -0.05) is 6.07 Å². The standard InChI is InChI=1S/C12H17F2NO2/c1-12(2,3)17-15-7-11(16)8-4-5-9(13)10(14)6-8/h4-6,11,15-16H,7H2,1-3H3. The molecule has 2 N–H and O–H groups in total. The Kier molecular flexibility index (Phi) is 4.56. The second kappa shape index (κ2) is 5.53. The van der Waals surface area contributed by atoms with Gasteiger partial charge in [0.25, 0.3) is 0 Å². The molecule has 0 aromatic heterocycles. The average molecular weight is 245 g/mol. The van der Waals surface area contributed by atoms with E-state index in [0.29, 0.717) is 5.56 Å². The fraction of sp³-hybridized carbons (Fsp3) is 0.500. The molecule has 96 valence electrons. The van der Waals surface area contributed by atoms with Crippen molar-refractivity contribution in [2.75, 3.05) is 6.54 Å². The van der Waals surface area contributed by atoms with Crippen LogP contribution >= 0.6 is 0 Å². The first-order valence-corrected chi connectivity index (χ1v) is 5.33. The molecule has 0 aliphatic carbocycles. The second-order valence-corrected chi connectivity index (χ2v) is 4.75. The molecular formula is C12H17F2NO2. The van der Waals surface area contributed by atoms with E-state index in [4.69, 9.17) is 4.84 Å². The highest BCUT2D eigenvalue weighted by molar-refractivity contribution is 5.20. The Labute approximate surface area is 99.4 Å². The van der Waals surface area contributed by atoms with E-state index in [1.54, 1.807) is 0 Å². The maximum atomic E-state index is 12.9. The van der Waals surface area contributed by atoms with Crippen LogP contribution in [-0.4, -0.2) is 17.3 Å². The highest BCUT2D eigenvalue weighted by atomic mass is 19.2. The van der Waals surface area contributed by atoms with Gasteiger partial charge in [0.05, 0.1) is 18.2 Å². The van der Waals surface area contributed by atoms with Crippen molar-refractivity contribution in [3.8, 4) is 0 Å². The summed E-state index contributed by atoms with van der Waals surface area (Å²) >= 11 is 0. The van der Waals surface area contributed by atoms with Crippen molar-refractivity contribution in [1.29, 1.82) is 0 Å². The Bertz CT molecular complexity index is 377. The zero-order chi connectivity index (χ0) is 13.1. The Morgan fingerprint density at radius 1 is 1.29 bits per heavy atom. The SMILES string of the molecule is CC(C)(C)ONCC(O)c1ccc(F)c(F)c1. The van der Waals surface area contributed by atoms with E-state index < -0.39 is 17.7 Å². The van der Waals surface area contributed by atoms with Gasteiger partial charge in [-0.3, -0.25) is 4.84 Å². The van der Waals surface area contributed by atoms with Gasteiger partial charge in [0.15, 0.2) is 11.6 Å². The molecule has 0 heterocycles. The van der Waals surface area contributed by atoms with E-state index in [-0.39, 0.29) is 12.1 Å². The monoisotopic (exact) mass is 245 g/mol. The Balaban J connectivity index is 2.52. The van der Waals surface area contributed by atoms with Crippen LogP contribution in [0.2, 0.25) is 0 Å². The minimum Gasteiger partial charge on any atom is -0.387 e. The highest BCUT2D eigenvalue weighted by Crippen LogP contribution is 2.16. The molecule has 1 atom stereocenters. The first-order chi connectivity index (χ1) is 7.79. The van der Waals surface area contributed by atoms with E-state index in [1.807, 2.05) is 20.8 Å². The molecule has 0 saturated heterocycles. The van der Waals surface area contributed by atoms with Gasteiger partial charge in [0, 0.05) is 0 Å². The van der Waals surface area contributed by atoms with E-state index >= 15 is 0 Å². The van der Waals surface area contributed by atoms with Crippen LogP contribution < -0.4 is 5.48 Å². The zero-order valence-corrected chi connectivity index (χ0v) is 10.1. The maximum Gasteiger partial charge on any atom is 0.159 e. The molecule has 1 aromatic carbocycles. The summed E-state index contributed by atoms with van der Waals surface area (Å²) in [5.41, 5.74) is 2.51. The summed E-state index contributed by atoms with van der Waals surface area (Å²) in [5, 5.41) is 9.70. The third-order valence-corrected chi connectivity index (χ3v) is 1.98. The molecule has 0 radical (unpaired) electrons. The number of rotatable bonds is 4. The number of aliphatic hydroxyl groups excluding tert-OH is 1. The molecule has 0 aliphatic rings. The summed E-state index contributed by atoms with van der Waals surface area (Å²) in [6, 6.07) is 3.29. The van der Waals surface area contributed by atoms with E-state index in [2.05, 4.69) is 5.48 Å². The Morgan fingerprint density at radius 2 is 1.94 bits per heavy atom. The van der Waals surface area contributed by atoms with Gasteiger partial charge in [-0.2, -0.15) is 5.48 Å². The molecule has 0 aliphatic heterocycles. The average Bonchev–Trinajstić information content (AvgIpc) is 2.20. The molecular weight excluding hydrogens is 228 g/mol. The van der Waals surface area contributed by atoms with Crippen LogP contribution in [0.4, 0.5) is 8.78 Å². The predicted octanol–water partition coefficient (Wildman–Crippen LogP) is 2.32. The lowest BCUT2D eigenvalue weighted by atomic mass is 10.1. The molecule has 0 spiro atoms. The number of nitrogens with one attached hydrogen (secondary N) is 1. The van der Waals surface area contributed by atoms with Gasteiger partial charge >= 0.3 is 0 Å². The van der Waals surface area contributed by atoms with Crippen LogP contribution in [0.3, 0.4) is 0 Å². The third-order valence-electron chi connectivity index (χ3n) is 1.98. The second-order valence-electron chi connectivity index (χ2n) is 4.75. The van der Waals surface area contributed by atoms with Gasteiger partial charge in [-0.05, 0) is 38.5 Å². The third kappa shape index (κ3) is 4.77. The van der Waals surface area contributed by atoms with Gasteiger partial charge in [0.1, 0.15) is 0 Å². The molecule has 5 heteroatoms. The minimum atomic E-state index is -0.974. The van der Waals surface area contributed by atoms with Crippen LogP contribution in [0, 0.1) is 11.6 Å². The molecule has 17 heavy (non-hydrogen) atoms. The van der Waals surface area contributed by atoms with Crippen LogP contribution in [0.1, 0.15) is 32.4 Å². The Morgan fingerprint density at radius 3 is 2.47 bits per heavy atom. The molecule has 0 amide bonds. The summed E-state index contributed by atoms with van der Waals surface area (Å²) in [5.74, 6) is -1.90. The van der Waals surface area contributed by atoms with Crippen LogP contribution in [0.5, 0.6) is 0 Å². The molecule has 0 bridgehead atoms. The van der Waals surface area contributed by atoms with Crippen molar-refractivity contribution in [3.05, 3.63) is 35.4 Å². The summed E-state index contributed by atoms with van der Waals surface area (Å²) in [6.45, 7) is 5.65. The normalized spacial score (nSPS) is 13.8. The number of hydrogen-bond acceptors (Lipinski definition) is 3. The summed E-state index contributed by atoms with van der Waals surface area (Å²) in [7, 11) is 0. The van der Waals surface area contributed by atoms with Crippen LogP contribution in [0.15, 0.2) is 18.2 Å². The smallest absolute Gasteiger partial charge is 0.159 e. The van der Waals surface area contributed by atoms with E-state index in [1.165, 1.54) is 6.07 Å². The number of hydroxylamine groups is 1. The summed E-state index contributed by atoms with van der Waals surface area (Å²) in [4.78, 5) is 5.20. The fourth-order valence-corrected chi connectivity index (χ4v) is 1.17. The van der Waals surface area contributed by atoms with Crippen LogP contribution in [0.25, 0.3) is 0 Å². The quantitative estimate of drug-likeness (QED) is 0.800.